The number of carbonyl (C=O) groups excluding carboxylic acids is 1. The molecule has 0 aliphatic rings. The number of benzene rings is 2. The van der Waals surface area contributed by atoms with Gasteiger partial charge in [-0.25, -0.2) is 0 Å². The quantitative estimate of drug-likeness (QED) is 0.804. The molecule has 0 atom stereocenters. The maximum Gasteiger partial charge on any atom is 0.387 e. The first-order chi connectivity index (χ1) is 10.6. The minimum atomic E-state index is -2.93. The largest absolute Gasteiger partial charge is 0.433 e. The molecule has 2 aromatic carbocycles. The fraction of sp³-hybridized carbons (Fsp3) is 0.188. The Morgan fingerprint density at radius 3 is 2.59 bits per heavy atom. The first-order valence-corrected chi connectivity index (χ1v) is 7.57. The van der Waals surface area contributed by atoms with Crippen molar-refractivity contribution in [3.05, 3.63) is 54.1 Å². The normalized spacial score (nSPS) is 10.5. The lowest BCUT2D eigenvalue weighted by atomic mass is 10.2. The van der Waals surface area contributed by atoms with E-state index in [1.165, 1.54) is 23.9 Å². The molecule has 0 aliphatic carbocycles. The third kappa shape index (κ3) is 4.73. The molecule has 1 N–H and O–H groups in total. The van der Waals surface area contributed by atoms with Gasteiger partial charge in [0.05, 0.1) is 11.4 Å². The van der Waals surface area contributed by atoms with Crippen LogP contribution in [0.25, 0.3) is 0 Å². The molecule has 0 unspecified atom stereocenters. The molecule has 0 bridgehead atoms. The van der Waals surface area contributed by atoms with Crippen LogP contribution >= 0.6 is 11.8 Å². The molecule has 0 aliphatic heterocycles. The molecule has 0 saturated heterocycles. The summed E-state index contributed by atoms with van der Waals surface area (Å²) < 4.78 is 29.0. The third-order valence-electron chi connectivity index (χ3n) is 2.83. The number of thioether (sulfide) groups is 1. The summed E-state index contributed by atoms with van der Waals surface area (Å²) in [6.07, 6.45) is 0. The average Bonchev–Trinajstić information content (AvgIpc) is 2.48. The van der Waals surface area contributed by atoms with Gasteiger partial charge in [-0.2, -0.15) is 8.78 Å². The van der Waals surface area contributed by atoms with Crippen LogP contribution in [0.15, 0.2) is 53.4 Å². The third-order valence-corrected chi connectivity index (χ3v) is 4.01. The molecular weight excluding hydrogens is 308 g/mol. The van der Waals surface area contributed by atoms with Gasteiger partial charge in [0, 0.05) is 4.90 Å². The Balaban J connectivity index is 1.96. The van der Waals surface area contributed by atoms with Crippen molar-refractivity contribution in [2.75, 3.05) is 11.1 Å². The molecule has 2 aromatic rings. The molecule has 22 heavy (non-hydrogen) atoms. The first kappa shape index (κ1) is 16.3. The van der Waals surface area contributed by atoms with Gasteiger partial charge in [0.1, 0.15) is 5.75 Å². The fourth-order valence-electron chi connectivity index (χ4n) is 1.82. The number of ether oxygens (including phenoxy) is 1. The second-order valence-corrected chi connectivity index (χ2v) is 5.49. The number of alkyl halides is 2. The zero-order valence-corrected chi connectivity index (χ0v) is 12.7. The van der Waals surface area contributed by atoms with Gasteiger partial charge < -0.3 is 10.1 Å². The second-order valence-electron chi connectivity index (χ2n) is 4.48. The molecule has 2 rings (SSSR count). The molecule has 0 radical (unpaired) electrons. The van der Waals surface area contributed by atoms with E-state index < -0.39 is 6.61 Å². The number of amides is 1. The topological polar surface area (TPSA) is 38.3 Å². The number of hydrogen-bond donors (Lipinski definition) is 1. The van der Waals surface area contributed by atoms with Gasteiger partial charge >= 0.3 is 6.61 Å². The predicted octanol–water partition coefficient (Wildman–Crippen LogP) is 4.33. The van der Waals surface area contributed by atoms with Gasteiger partial charge in [0.2, 0.25) is 5.91 Å². The van der Waals surface area contributed by atoms with E-state index in [1.807, 2.05) is 31.2 Å². The Morgan fingerprint density at radius 1 is 1.18 bits per heavy atom. The minimum absolute atomic E-state index is 0.0493. The number of halogens is 2. The monoisotopic (exact) mass is 323 g/mol. The van der Waals surface area contributed by atoms with Gasteiger partial charge in [-0.3, -0.25) is 4.79 Å². The molecule has 1 amide bonds. The van der Waals surface area contributed by atoms with E-state index in [9.17, 15) is 13.6 Å². The van der Waals surface area contributed by atoms with Crippen molar-refractivity contribution in [2.24, 2.45) is 0 Å². The summed E-state index contributed by atoms with van der Waals surface area (Å²) in [6.45, 7) is -0.967. The van der Waals surface area contributed by atoms with Crippen molar-refractivity contribution in [3.8, 4) is 5.75 Å². The van der Waals surface area contributed by atoms with Crippen LogP contribution in [-0.4, -0.2) is 18.3 Å². The highest BCUT2D eigenvalue weighted by molar-refractivity contribution is 8.00. The van der Waals surface area contributed by atoms with Crippen LogP contribution in [0.1, 0.15) is 5.56 Å². The Bertz CT molecular complexity index is 650. The summed E-state index contributed by atoms with van der Waals surface area (Å²) in [5, 5.41) is 2.59. The molecule has 116 valence electrons. The minimum Gasteiger partial charge on any atom is -0.433 e. The highest BCUT2D eigenvalue weighted by Gasteiger charge is 2.12. The standard InChI is InChI=1S/C16H15F2NO2S/c1-11-6-2-5-9-14(11)22-10-15(20)19-12-7-3-4-8-13(12)21-16(17)18/h2-9,16H,10H2,1H3,(H,19,20). The van der Waals surface area contributed by atoms with E-state index in [4.69, 9.17) is 0 Å². The maximum absolute atomic E-state index is 12.3. The Morgan fingerprint density at radius 2 is 1.86 bits per heavy atom. The number of carbonyl (C=O) groups is 1. The summed E-state index contributed by atoms with van der Waals surface area (Å²) in [4.78, 5) is 13.0. The van der Waals surface area contributed by atoms with Gasteiger partial charge in [0.25, 0.3) is 0 Å². The number of anilines is 1. The summed E-state index contributed by atoms with van der Waals surface area (Å²) >= 11 is 1.39. The molecule has 0 saturated carbocycles. The number of hydrogen-bond acceptors (Lipinski definition) is 3. The van der Waals surface area contributed by atoms with Crippen molar-refractivity contribution in [1.29, 1.82) is 0 Å². The van der Waals surface area contributed by atoms with Crippen LogP contribution in [0.3, 0.4) is 0 Å². The Labute approximate surface area is 131 Å². The van der Waals surface area contributed by atoms with Gasteiger partial charge in [-0.15, -0.1) is 11.8 Å². The smallest absolute Gasteiger partial charge is 0.387 e. The van der Waals surface area contributed by atoms with Crippen molar-refractivity contribution in [1.82, 2.24) is 0 Å². The Hall–Kier alpha value is -2.08. The maximum atomic E-state index is 12.3. The van der Waals surface area contributed by atoms with E-state index in [0.717, 1.165) is 10.5 Å². The van der Waals surface area contributed by atoms with Crippen LogP contribution in [0.4, 0.5) is 14.5 Å². The second kappa shape index (κ2) is 7.79. The first-order valence-electron chi connectivity index (χ1n) is 6.58. The molecule has 6 heteroatoms. The molecular formula is C16H15F2NO2S. The van der Waals surface area contributed by atoms with Gasteiger partial charge in [0.15, 0.2) is 0 Å². The fourth-order valence-corrected chi connectivity index (χ4v) is 2.65. The summed E-state index contributed by atoms with van der Waals surface area (Å²) in [7, 11) is 0. The Kier molecular flexibility index (Phi) is 5.77. The number of rotatable bonds is 6. The lowest BCUT2D eigenvalue weighted by Crippen LogP contribution is -2.15. The zero-order chi connectivity index (χ0) is 15.9. The van der Waals surface area contributed by atoms with Crippen molar-refractivity contribution in [2.45, 2.75) is 18.4 Å². The highest BCUT2D eigenvalue weighted by atomic mass is 32.2. The van der Waals surface area contributed by atoms with Gasteiger partial charge in [-0.1, -0.05) is 30.3 Å². The van der Waals surface area contributed by atoms with Crippen LogP contribution in [0.2, 0.25) is 0 Å². The highest BCUT2D eigenvalue weighted by Crippen LogP contribution is 2.26. The van der Waals surface area contributed by atoms with Crippen LogP contribution in [-0.2, 0) is 4.79 Å². The van der Waals surface area contributed by atoms with Crippen LogP contribution < -0.4 is 10.1 Å². The predicted molar refractivity (Wildman–Crippen MR) is 83.6 cm³/mol. The van der Waals surface area contributed by atoms with Gasteiger partial charge in [-0.05, 0) is 30.7 Å². The summed E-state index contributed by atoms with van der Waals surface area (Å²) in [5.41, 5.74) is 1.32. The molecule has 3 nitrogen and oxygen atoms in total. The molecule has 0 fully saturated rings. The lowest BCUT2D eigenvalue weighted by molar-refractivity contribution is -0.113. The van der Waals surface area contributed by atoms with Crippen LogP contribution in [0.5, 0.6) is 5.75 Å². The number of nitrogens with one attached hydrogen (secondary N) is 1. The lowest BCUT2D eigenvalue weighted by Gasteiger charge is -2.11. The average molecular weight is 323 g/mol. The molecule has 0 heterocycles. The SMILES string of the molecule is Cc1ccccc1SCC(=O)Nc1ccccc1OC(F)F. The number of aryl methyl sites for hydroxylation is 1. The van der Waals surface area contributed by atoms with Crippen molar-refractivity contribution >= 4 is 23.4 Å². The molecule has 0 spiro atoms. The van der Waals surface area contributed by atoms with E-state index in [-0.39, 0.29) is 23.1 Å². The summed E-state index contributed by atoms with van der Waals surface area (Å²) in [6, 6.07) is 13.8. The summed E-state index contributed by atoms with van der Waals surface area (Å²) in [5.74, 6) is -0.140. The molecule has 0 aromatic heterocycles. The van der Waals surface area contributed by atoms with E-state index in [1.54, 1.807) is 12.1 Å². The van der Waals surface area contributed by atoms with Crippen molar-refractivity contribution < 1.29 is 18.3 Å². The van der Waals surface area contributed by atoms with E-state index in [0.29, 0.717) is 0 Å². The zero-order valence-electron chi connectivity index (χ0n) is 11.9. The van der Waals surface area contributed by atoms with E-state index >= 15 is 0 Å². The van der Waals surface area contributed by atoms with E-state index in [2.05, 4.69) is 10.1 Å². The van der Waals surface area contributed by atoms with Crippen molar-refractivity contribution in [3.63, 3.8) is 0 Å². The van der Waals surface area contributed by atoms with Crippen LogP contribution in [0, 0.1) is 6.92 Å². The number of para-hydroxylation sites is 2.